The van der Waals surface area contributed by atoms with E-state index in [9.17, 15) is 4.39 Å². The maximum atomic E-state index is 12.6. The van der Waals surface area contributed by atoms with Gasteiger partial charge in [0.15, 0.2) is 0 Å². The predicted molar refractivity (Wildman–Crippen MR) is 54.6 cm³/mol. The lowest BCUT2D eigenvalue weighted by atomic mass is 9.96. The molecule has 0 saturated heterocycles. The van der Waals surface area contributed by atoms with Gasteiger partial charge in [-0.3, -0.25) is 0 Å². The van der Waals surface area contributed by atoms with Crippen LogP contribution in [-0.2, 0) is 11.2 Å². The third-order valence-corrected chi connectivity index (χ3v) is 2.42. The molecule has 0 bridgehead atoms. The third kappa shape index (κ3) is 2.79. The van der Waals surface area contributed by atoms with E-state index in [-0.39, 0.29) is 11.4 Å². The molecular formula is C11H16FNO. The molecule has 1 atom stereocenters. The molecule has 0 saturated carbocycles. The molecule has 0 spiro atoms. The highest BCUT2D eigenvalue weighted by Crippen LogP contribution is 2.15. The normalized spacial score (nSPS) is 15.1. The average molecular weight is 197 g/mol. The van der Waals surface area contributed by atoms with Crippen LogP contribution in [0.4, 0.5) is 4.39 Å². The summed E-state index contributed by atoms with van der Waals surface area (Å²) >= 11 is 0. The van der Waals surface area contributed by atoms with Crippen molar-refractivity contribution in [2.45, 2.75) is 18.9 Å². The van der Waals surface area contributed by atoms with E-state index >= 15 is 0 Å². The van der Waals surface area contributed by atoms with Crippen molar-refractivity contribution in [3.8, 4) is 0 Å². The molecule has 1 unspecified atom stereocenters. The van der Waals surface area contributed by atoms with Gasteiger partial charge in [-0.15, -0.1) is 0 Å². The number of hydrogen-bond acceptors (Lipinski definition) is 2. The van der Waals surface area contributed by atoms with Crippen LogP contribution in [0.5, 0.6) is 0 Å². The van der Waals surface area contributed by atoms with Gasteiger partial charge in [-0.2, -0.15) is 0 Å². The van der Waals surface area contributed by atoms with Crippen LogP contribution in [0.15, 0.2) is 24.3 Å². The summed E-state index contributed by atoms with van der Waals surface area (Å²) < 4.78 is 17.9. The second kappa shape index (κ2) is 4.53. The quantitative estimate of drug-likeness (QED) is 0.797. The summed E-state index contributed by atoms with van der Waals surface area (Å²) in [6.45, 7) is 2.39. The summed E-state index contributed by atoms with van der Waals surface area (Å²) in [7, 11) is 1.64. The van der Waals surface area contributed by atoms with Gasteiger partial charge < -0.3 is 10.5 Å². The molecule has 0 aliphatic rings. The van der Waals surface area contributed by atoms with Crippen LogP contribution in [0.2, 0.25) is 0 Å². The fourth-order valence-electron chi connectivity index (χ4n) is 1.26. The minimum Gasteiger partial charge on any atom is -0.377 e. The Morgan fingerprint density at radius 2 is 1.93 bits per heavy atom. The number of hydrogen-bond donors (Lipinski definition) is 1. The Bertz CT molecular complexity index is 280. The van der Waals surface area contributed by atoms with E-state index in [2.05, 4.69) is 0 Å². The predicted octanol–water partition coefficient (Wildman–Crippen LogP) is 1.73. The Balaban J connectivity index is 2.72. The van der Waals surface area contributed by atoms with Crippen LogP contribution in [0.3, 0.4) is 0 Å². The Kier molecular flexibility index (Phi) is 3.61. The molecule has 3 heteroatoms. The summed E-state index contributed by atoms with van der Waals surface area (Å²) in [4.78, 5) is 0. The zero-order valence-corrected chi connectivity index (χ0v) is 8.59. The van der Waals surface area contributed by atoms with Crippen molar-refractivity contribution in [3.63, 3.8) is 0 Å². The number of ether oxygens (including phenoxy) is 1. The van der Waals surface area contributed by atoms with Crippen molar-refractivity contribution in [2.24, 2.45) is 5.73 Å². The van der Waals surface area contributed by atoms with E-state index in [0.29, 0.717) is 13.0 Å². The van der Waals surface area contributed by atoms with Gasteiger partial charge in [0.25, 0.3) is 0 Å². The van der Waals surface area contributed by atoms with Crippen molar-refractivity contribution < 1.29 is 9.13 Å². The fraction of sp³-hybridized carbons (Fsp3) is 0.455. The first-order valence-electron chi connectivity index (χ1n) is 4.59. The van der Waals surface area contributed by atoms with Gasteiger partial charge in [0.2, 0.25) is 0 Å². The molecule has 0 amide bonds. The number of methoxy groups -OCH3 is 1. The standard InChI is InChI=1S/C11H16FNO/c1-11(8-13,14-2)7-9-3-5-10(12)6-4-9/h3-6H,7-8,13H2,1-2H3. The highest BCUT2D eigenvalue weighted by Gasteiger charge is 2.21. The monoisotopic (exact) mass is 197 g/mol. The summed E-state index contributed by atoms with van der Waals surface area (Å²) in [5, 5.41) is 0. The van der Waals surface area contributed by atoms with Gasteiger partial charge >= 0.3 is 0 Å². The molecule has 0 aliphatic carbocycles. The Morgan fingerprint density at radius 1 is 1.36 bits per heavy atom. The van der Waals surface area contributed by atoms with Crippen molar-refractivity contribution in [1.29, 1.82) is 0 Å². The van der Waals surface area contributed by atoms with Crippen LogP contribution in [0.1, 0.15) is 12.5 Å². The second-order valence-electron chi connectivity index (χ2n) is 3.66. The molecule has 1 aromatic carbocycles. The molecule has 0 fully saturated rings. The van der Waals surface area contributed by atoms with Crippen molar-refractivity contribution in [1.82, 2.24) is 0 Å². The van der Waals surface area contributed by atoms with E-state index in [1.807, 2.05) is 6.92 Å². The van der Waals surface area contributed by atoms with Gasteiger partial charge in [0.05, 0.1) is 5.60 Å². The zero-order valence-electron chi connectivity index (χ0n) is 8.59. The lowest BCUT2D eigenvalue weighted by molar-refractivity contribution is 0.0143. The summed E-state index contributed by atoms with van der Waals surface area (Å²) in [5.41, 5.74) is 6.26. The highest BCUT2D eigenvalue weighted by molar-refractivity contribution is 5.18. The number of benzene rings is 1. The maximum absolute atomic E-state index is 12.6. The van der Waals surface area contributed by atoms with Gasteiger partial charge in [-0.05, 0) is 24.6 Å². The van der Waals surface area contributed by atoms with E-state index in [4.69, 9.17) is 10.5 Å². The lowest BCUT2D eigenvalue weighted by Gasteiger charge is -2.26. The molecule has 0 radical (unpaired) electrons. The zero-order chi connectivity index (χ0) is 10.6. The largest absolute Gasteiger partial charge is 0.377 e. The molecule has 0 aromatic heterocycles. The Labute approximate surface area is 83.9 Å². The van der Waals surface area contributed by atoms with Crippen LogP contribution < -0.4 is 5.73 Å². The minimum atomic E-state index is -0.363. The molecular weight excluding hydrogens is 181 g/mol. The Hall–Kier alpha value is -0.930. The molecule has 78 valence electrons. The van der Waals surface area contributed by atoms with E-state index < -0.39 is 0 Å². The van der Waals surface area contributed by atoms with Crippen molar-refractivity contribution >= 4 is 0 Å². The third-order valence-electron chi connectivity index (χ3n) is 2.42. The van der Waals surface area contributed by atoms with Gasteiger partial charge in [0.1, 0.15) is 5.82 Å². The fourth-order valence-corrected chi connectivity index (χ4v) is 1.26. The molecule has 1 rings (SSSR count). The van der Waals surface area contributed by atoms with Crippen LogP contribution in [0, 0.1) is 5.82 Å². The molecule has 1 aromatic rings. The average Bonchev–Trinajstić information content (AvgIpc) is 2.21. The van der Waals surface area contributed by atoms with Gasteiger partial charge in [-0.1, -0.05) is 12.1 Å². The second-order valence-corrected chi connectivity index (χ2v) is 3.66. The summed E-state index contributed by atoms with van der Waals surface area (Å²) in [5.74, 6) is -0.222. The van der Waals surface area contributed by atoms with Crippen LogP contribution in [0.25, 0.3) is 0 Å². The lowest BCUT2D eigenvalue weighted by Crippen LogP contribution is -2.38. The molecule has 0 heterocycles. The SMILES string of the molecule is COC(C)(CN)Cc1ccc(F)cc1. The first kappa shape index (κ1) is 11.1. The maximum Gasteiger partial charge on any atom is 0.123 e. The van der Waals surface area contributed by atoms with Crippen molar-refractivity contribution in [3.05, 3.63) is 35.6 Å². The van der Waals surface area contributed by atoms with Gasteiger partial charge in [-0.25, -0.2) is 4.39 Å². The summed E-state index contributed by atoms with van der Waals surface area (Å²) in [6.07, 6.45) is 0.695. The van der Waals surface area contributed by atoms with Crippen molar-refractivity contribution in [2.75, 3.05) is 13.7 Å². The number of nitrogens with two attached hydrogens (primary N) is 1. The Morgan fingerprint density at radius 3 is 2.36 bits per heavy atom. The highest BCUT2D eigenvalue weighted by atomic mass is 19.1. The molecule has 2 N–H and O–H groups in total. The van der Waals surface area contributed by atoms with Crippen LogP contribution >= 0.6 is 0 Å². The first-order valence-corrected chi connectivity index (χ1v) is 4.59. The molecule has 0 aliphatic heterocycles. The minimum absolute atomic E-state index is 0.222. The summed E-state index contributed by atoms with van der Waals surface area (Å²) in [6, 6.07) is 6.40. The smallest absolute Gasteiger partial charge is 0.123 e. The number of rotatable bonds is 4. The number of halogens is 1. The van der Waals surface area contributed by atoms with Crippen LogP contribution in [-0.4, -0.2) is 19.3 Å². The topological polar surface area (TPSA) is 35.2 Å². The molecule has 2 nitrogen and oxygen atoms in total. The van der Waals surface area contributed by atoms with E-state index in [1.54, 1.807) is 19.2 Å². The van der Waals surface area contributed by atoms with E-state index in [1.165, 1.54) is 12.1 Å². The van der Waals surface area contributed by atoms with Gasteiger partial charge in [0, 0.05) is 20.1 Å². The van der Waals surface area contributed by atoms with E-state index in [0.717, 1.165) is 5.56 Å². The molecule has 14 heavy (non-hydrogen) atoms. The first-order chi connectivity index (χ1) is 6.59.